The smallest absolute Gasteiger partial charge is 0.303 e. The van der Waals surface area contributed by atoms with E-state index in [9.17, 15) is 9.59 Å². The number of nitrogens with zero attached hydrogens (tertiary/aromatic N) is 3. The second kappa shape index (κ2) is 9.44. The lowest BCUT2D eigenvalue weighted by Gasteiger charge is -2.06. The maximum atomic E-state index is 12.1. The molecule has 128 valence electrons. The molecule has 0 atom stereocenters. The summed E-state index contributed by atoms with van der Waals surface area (Å²) in [5.41, 5.74) is 0.365. The van der Waals surface area contributed by atoms with Crippen LogP contribution in [0.15, 0.2) is 36.7 Å². The van der Waals surface area contributed by atoms with Gasteiger partial charge in [-0.05, 0) is 31.0 Å². The standard InChI is InChI=1S/C17H22N4O3/c22-16(23)10-4-2-1-3-5-11-18-17(24)14-8-6-9-15(20-14)21-13-7-12-19-21/h6-9,12-13H,1-5,10-11H2,(H,18,24)(H,22,23). The number of amides is 1. The quantitative estimate of drug-likeness (QED) is 0.652. The Labute approximate surface area is 140 Å². The Balaban J connectivity index is 1.68. The fraction of sp³-hybridized carbons (Fsp3) is 0.412. The SMILES string of the molecule is O=C(O)CCCCCCCNC(=O)c1cccc(-n2cccn2)n1. The molecule has 24 heavy (non-hydrogen) atoms. The van der Waals surface area contributed by atoms with Crippen molar-refractivity contribution in [2.45, 2.75) is 38.5 Å². The molecule has 7 nitrogen and oxygen atoms in total. The van der Waals surface area contributed by atoms with E-state index in [1.54, 1.807) is 41.3 Å². The number of carboxylic acid groups (broad SMARTS) is 1. The molecule has 0 unspecified atom stereocenters. The number of hydrogen-bond acceptors (Lipinski definition) is 4. The Morgan fingerprint density at radius 3 is 2.62 bits per heavy atom. The molecule has 7 heteroatoms. The van der Waals surface area contributed by atoms with Crippen molar-refractivity contribution in [2.75, 3.05) is 6.54 Å². The average molecular weight is 330 g/mol. The highest BCUT2D eigenvalue weighted by atomic mass is 16.4. The van der Waals surface area contributed by atoms with E-state index in [-0.39, 0.29) is 12.3 Å². The van der Waals surface area contributed by atoms with Crippen LogP contribution in [0.5, 0.6) is 0 Å². The molecule has 2 N–H and O–H groups in total. The third-order valence-corrected chi connectivity index (χ3v) is 3.56. The lowest BCUT2D eigenvalue weighted by molar-refractivity contribution is -0.137. The molecule has 0 aliphatic heterocycles. The highest BCUT2D eigenvalue weighted by Gasteiger charge is 2.08. The Bertz CT molecular complexity index is 656. The van der Waals surface area contributed by atoms with Gasteiger partial charge in [-0.25, -0.2) is 9.67 Å². The first kappa shape index (κ1) is 17.7. The van der Waals surface area contributed by atoms with Crippen molar-refractivity contribution in [1.29, 1.82) is 0 Å². The van der Waals surface area contributed by atoms with Crippen LogP contribution >= 0.6 is 0 Å². The third kappa shape index (κ3) is 5.83. The minimum Gasteiger partial charge on any atom is -0.481 e. The van der Waals surface area contributed by atoms with Gasteiger partial charge in [0.25, 0.3) is 5.91 Å². The van der Waals surface area contributed by atoms with Crippen LogP contribution in [0.4, 0.5) is 0 Å². The molecule has 0 saturated carbocycles. The van der Waals surface area contributed by atoms with Crippen molar-refractivity contribution >= 4 is 11.9 Å². The minimum atomic E-state index is -0.743. The van der Waals surface area contributed by atoms with Gasteiger partial charge >= 0.3 is 5.97 Å². The van der Waals surface area contributed by atoms with E-state index in [1.165, 1.54) is 0 Å². The maximum absolute atomic E-state index is 12.1. The molecule has 0 aromatic carbocycles. The molecule has 0 saturated heterocycles. The maximum Gasteiger partial charge on any atom is 0.303 e. The summed E-state index contributed by atoms with van der Waals surface area (Å²) in [5.74, 6) is -0.340. The fourth-order valence-electron chi connectivity index (χ4n) is 2.31. The largest absolute Gasteiger partial charge is 0.481 e. The molecule has 0 aliphatic carbocycles. The van der Waals surface area contributed by atoms with Crippen molar-refractivity contribution in [3.8, 4) is 5.82 Å². The number of aromatic nitrogens is 3. The van der Waals surface area contributed by atoms with Crippen LogP contribution in [-0.2, 0) is 4.79 Å². The van der Waals surface area contributed by atoms with Crippen LogP contribution in [0.1, 0.15) is 49.0 Å². The van der Waals surface area contributed by atoms with E-state index in [0.29, 0.717) is 24.5 Å². The van der Waals surface area contributed by atoms with E-state index >= 15 is 0 Å². The summed E-state index contributed by atoms with van der Waals surface area (Å²) in [4.78, 5) is 26.8. The zero-order valence-corrected chi connectivity index (χ0v) is 13.5. The lowest BCUT2D eigenvalue weighted by atomic mass is 10.1. The summed E-state index contributed by atoms with van der Waals surface area (Å²) in [5, 5.41) is 15.5. The zero-order chi connectivity index (χ0) is 17.2. The molecular weight excluding hydrogens is 308 g/mol. The van der Waals surface area contributed by atoms with Gasteiger partial charge in [0.15, 0.2) is 5.82 Å². The number of rotatable bonds is 10. The Hall–Kier alpha value is -2.70. The summed E-state index contributed by atoms with van der Waals surface area (Å²) >= 11 is 0. The first-order valence-electron chi connectivity index (χ1n) is 8.14. The van der Waals surface area contributed by atoms with Gasteiger partial charge in [0.1, 0.15) is 5.69 Å². The number of unbranched alkanes of at least 4 members (excludes halogenated alkanes) is 4. The minimum absolute atomic E-state index is 0.199. The number of carbonyl (C=O) groups is 2. The second-order valence-corrected chi connectivity index (χ2v) is 5.50. The van der Waals surface area contributed by atoms with Crippen molar-refractivity contribution in [3.63, 3.8) is 0 Å². The van der Waals surface area contributed by atoms with Crippen molar-refractivity contribution in [3.05, 3.63) is 42.4 Å². The summed E-state index contributed by atoms with van der Waals surface area (Å²) in [6.07, 6.45) is 8.11. The predicted octanol–water partition coefficient (Wildman–Crippen LogP) is 2.42. The number of nitrogens with one attached hydrogen (secondary N) is 1. The van der Waals surface area contributed by atoms with Crippen LogP contribution in [0, 0.1) is 0 Å². The molecule has 0 radical (unpaired) electrons. The van der Waals surface area contributed by atoms with Crippen LogP contribution < -0.4 is 5.32 Å². The summed E-state index contributed by atoms with van der Waals surface area (Å²) in [6.45, 7) is 0.589. The van der Waals surface area contributed by atoms with Crippen molar-refractivity contribution in [1.82, 2.24) is 20.1 Å². The topological polar surface area (TPSA) is 97.1 Å². The van der Waals surface area contributed by atoms with Gasteiger partial charge in [0.2, 0.25) is 0 Å². The van der Waals surface area contributed by atoms with Gasteiger partial charge in [0.05, 0.1) is 0 Å². The van der Waals surface area contributed by atoms with E-state index in [0.717, 1.165) is 25.7 Å². The van der Waals surface area contributed by atoms with Gasteiger partial charge in [-0.15, -0.1) is 0 Å². The van der Waals surface area contributed by atoms with Gasteiger partial charge in [0, 0.05) is 25.4 Å². The van der Waals surface area contributed by atoms with Crippen LogP contribution in [-0.4, -0.2) is 38.3 Å². The van der Waals surface area contributed by atoms with Crippen LogP contribution in [0.3, 0.4) is 0 Å². The van der Waals surface area contributed by atoms with Crippen LogP contribution in [0.25, 0.3) is 5.82 Å². The Morgan fingerprint density at radius 1 is 1.08 bits per heavy atom. The molecule has 2 aromatic heterocycles. The number of carboxylic acids is 1. The van der Waals surface area contributed by atoms with E-state index in [4.69, 9.17) is 5.11 Å². The van der Waals surface area contributed by atoms with E-state index in [1.807, 2.05) is 0 Å². The lowest BCUT2D eigenvalue weighted by Crippen LogP contribution is -2.25. The highest BCUT2D eigenvalue weighted by Crippen LogP contribution is 2.06. The molecule has 2 heterocycles. The Kier molecular flexibility index (Phi) is 6.94. The molecule has 1 amide bonds. The van der Waals surface area contributed by atoms with Gasteiger partial charge in [-0.1, -0.05) is 25.3 Å². The average Bonchev–Trinajstić information content (AvgIpc) is 3.11. The van der Waals surface area contributed by atoms with Crippen LogP contribution in [0.2, 0.25) is 0 Å². The van der Waals surface area contributed by atoms with E-state index in [2.05, 4.69) is 15.4 Å². The first-order chi connectivity index (χ1) is 11.7. The zero-order valence-electron chi connectivity index (χ0n) is 13.5. The third-order valence-electron chi connectivity index (χ3n) is 3.56. The molecule has 0 aliphatic rings. The Morgan fingerprint density at radius 2 is 1.88 bits per heavy atom. The number of aliphatic carboxylic acids is 1. The van der Waals surface area contributed by atoms with Gasteiger partial charge in [-0.2, -0.15) is 5.10 Å². The normalized spacial score (nSPS) is 10.5. The fourth-order valence-corrected chi connectivity index (χ4v) is 2.31. The highest BCUT2D eigenvalue weighted by molar-refractivity contribution is 5.92. The molecule has 2 rings (SSSR count). The molecule has 0 spiro atoms. The van der Waals surface area contributed by atoms with Crippen molar-refractivity contribution < 1.29 is 14.7 Å². The number of carbonyl (C=O) groups excluding carboxylic acids is 1. The molecule has 2 aromatic rings. The second-order valence-electron chi connectivity index (χ2n) is 5.50. The van der Waals surface area contributed by atoms with E-state index < -0.39 is 5.97 Å². The first-order valence-corrected chi connectivity index (χ1v) is 8.14. The molecular formula is C17H22N4O3. The monoisotopic (exact) mass is 330 g/mol. The number of hydrogen-bond donors (Lipinski definition) is 2. The van der Waals surface area contributed by atoms with Gasteiger partial charge in [-0.3, -0.25) is 9.59 Å². The summed E-state index contributed by atoms with van der Waals surface area (Å²) in [7, 11) is 0. The number of pyridine rings is 1. The molecule has 0 bridgehead atoms. The summed E-state index contributed by atoms with van der Waals surface area (Å²) in [6, 6.07) is 7.04. The van der Waals surface area contributed by atoms with Crippen molar-refractivity contribution in [2.24, 2.45) is 0 Å². The predicted molar refractivity (Wildman–Crippen MR) is 89.0 cm³/mol. The molecule has 0 fully saturated rings. The summed E-state index contributed by atoms with van der Waals surface area (Å²) < 4.78 is 1.61. The van der Waals surface area contributed by atoms with Gasteiger partial charge < -0.3 is 10.4 Å².